The number of carbonyl (C=O) groups excluding carboxylic acids is 1. The summed E-state index contributed by atoms with van der Waals surface area (Å²) in [4.78, 5) is 11.2. The summed E-state index contributed by atoms with van der Waals surface area (Å²) in [6.07, 6.45) is 0. The molecule has 0 unspecified atom stereocenters. The van der Waals surface area contributed by atoms with Gasteiger partial charge in [-0.3, -0.25) is 13.9 Å². The fraction of sp³-hybridized carbons (Fsp3) is 0.0789. The average molecular weight is 800 g/mol. The minimum absolute atomic E-state index is 0. The molecule has 1 amide bonds. The van der Waals surface area contributed by atoms with E-state index in [2.05, 4.69) is 36.0 Å². The largest absolute Gasteiger partial charge is 1.00 e. The van der Waals surface area contributed by atoms with Crippen LogP contribution in [-0.2, 0) is 20.2 Å². The number of amides is 1. The number of aryl methyl sites for hydroxylation is 3. The number of hydrogen-bond acceptors (Lipinski definition) is 12. The van der Waals surface area contributed by atoms with E-state index in [0.717, 1.165) is 22.8 Å². The molecule has 6 rings (SSSR count). The third-order valence-corrected chi connectivity index (χ3v) is 9.98. The van der Waals surface area contributed by atoms with Gasteiger partial charge in [-0.15, -0.1) is 0 Å². The number of hydrogen-bond donors (Lipinski definition) is 4. The van der Waals surface area contributed by atoms with Crippen molar-refractivity contribution in [2.75, 3.05) is 11.1 Å². The van der Waals surface area contributed by atoms with Gasteiger partial charge in [0.15, 0.2) is 0 Å². The Kier molecular flexibility index (Phi) is 12.7. The predicted octanol–water partition coefficient (Wildman–Crippen LogP) is 7.34. The topological polar surface area (TPSA) is 238 Å². The minimum Gasteiger partial charge on any atom is -0.399 e. The third kappa shape index (κ3) is 10.2. The summed E-state index contributed by atoms with van der Waals surface area (Å²) < 4.78 is 66.4. The van der Waals surface area contributed by atoms with Crippen LogP contribution in [0.25, 0.3) is 10.8 Å². The Hall–Kier alpha value is -5.53. The molecule has 0 saturated carbocycles. The van der Waals surface area contributed by atoms with Crippen LogP contribution in [0.3, 0.4) is 0 Å². The average Bonchev–Trinajstić information content (AvgIpc) is 3.12. The molecule has 0 radical (unpaired) electrons. The fourth-order valence-corrected chi connectivity index (χ4v) is 6.70. The maximum atomic E-state index is 12.6. The van der Waals surface area contributed by atoms with Crippen molar-refractivity contribution >= 4 is 82.4 Å². The smallest absolute Gasteiger partial charge is 0.399 e. The van der Waals surface area contributed by atoms with Crippen molar-refractivity contribution in [3.05, 3.63) is 131 Å². The van der Waals surface area contributed by atoms with Crippen LogP contribution >= 0.6 is 0 Å². The quantitative estimate of drug-likeness (QED) is 0.0472. The van der Waals surface area contributed by atoms with E-state index in [-0.39, 0.29) is 51.9 Å². The standard InChI is InChI=1S/C38H32N8O7S2.Na/c1-22-16-28(40-38(47)25-4-7-27(39)8-5-25)10-13-34(22)44-41-29-11-14-35(23(2)17-29)45-42-30-12-15-36(24(3)18-30)46-43-31-9-6-26-19-32(54(48,49)50)21-37(33(26)20-31)55(51,52)53;/h4-21H,39H2,1-3H3,(H,40,47)(H,48,49,50)(H,51,52,53);/q;+1. The zero-order chi connectivity index (χ0) is 39.5. The van der Waals surface area contributed by atoms with Gasteiger partial charge >= 0.3 is 29.6 Å². The van der Waals surface area contributed by atoms with Crippen LogP contribution in [0.2, 0.25) is 0 Å². The first-order valence-electron chi connectivity index (χ1n) is 16.3. The van der Waals surface area contributed by atoms with Crippen LogP contribution in [0, 0.1) is 20.8 Å². The SMILES string of the molecule is Cc1cc(N=Nc2ccc(NC(=O)c3ccc(N)cc3)cc2C)ccc1N=Nc1ccc(N=Nc2ccc3cc(S(=O)(=O)O)cc(S(=O)(=O)O)c3c2)c(C)c1.[Na+]. The number of rotatable bonds is 10. The molecule has 6 aromatic carbocycles. The van der Waals surface area contributed by atoms with Crippen molar-refractivity contribution in [1.29, 1.82) is 0 Å². The molecule has 0 spiro atoms. The van der Waals surface area contributed by atoms with E-state index < -0.39 is 30.0 Å². The molecule has 6 aromatic rings. The third-order valence-electron chi connectivity index (χ3n) is 8.26. The number of carbonyl (C=O) groups is 1. The molecule has 0 aliphatic rings. The molecule has 0 aliphatic carbocycles. The Bertz CT molecular complexity index is 2810. The van der Waals surface area contributed by atoms with E-state index >= 15 is 0 Å². The second-order valence-electron chi connectivity index (χ2n) is 12.4. The molecule has 5 N–H and O–H groups in total. The van der Waals surface area contributed by atoms with Gasteiger partial charge in [0.05, 0.1) is 39.0 Å². The van der Waals surface area contributed by atoms with Crippen molar-refractivity contribution in [2.24, 2.45) is 30.7 Å². The fourth-order valence-electron chi connectivity index (χ4n) is 5.36. The molecule has 15 nitrogen and oxygen atoms in total. The Morgan fingerprint density at radius 3 is 1.54 bits per heavy atom. The summed E-state index contributed by atoms with van der Waals surface area (Å²) in [6, 6.07) is 28.5. The molecule has 0 saturated heterocycles. The molecule has 0 heterocycles. The number of nitrogens with two attached hydrogens (primary N) is 1. The van der Waals surface area contributed by atoms with Crippen LogP contribution < -0.4 is 40.6 Å². The van der Waals surface area contributed by atoms with Crippen LogP contribution in [0.5, 0.6) is 0 Å². The van der Waals surface area contributed by atoms with E-state index in [1.165, 1.54) is 18.2 Å². The van der Waals surface area contributed by atoms with Crippen LogP contribution in [-0.4, -0.2) is 31.8 Å². The number of benzene rings is 6. The first kappa shape index (κ1) is 41.6. The van der Waals surface area contributed by atoms with Gasteiger partial charge < -0.3 is 11.1 Å². The van der Waals surface area contributed by atoms with Crippen molar-refractivity contribution < 1.29 is 60.3 Å². The molecule has 0 bridgehead atoms. The van der Waals surface area contributed by atoms with Gasteiger partial charge in [-0.25, -0.2) is 0 Å². The predicted molar refractivity (Wildman–Crippen MR) is 208 cm³/mol. The van der Waals surface area contributed by atoms with E-state index in [1.54, 1.807) is 73.7 Å². The van der Waals surface area contributed by atoms with Gasteiger partial charge in [-0.1, -0.05) is 6.07 Å². The van der Waals surface area contributed by atoms with E-state index in [9.17, 15) is 30.7 Å². The summed E-state index contributed by atoms with van der Waals surface area (Å²) in [6.45, 7) is 5.56. The van der Waals surface area contributed by atoms with Gasteiger partial charge in [0, 0.05) is 22.3 Å². The molecular formula is C38H32N8NaO7S2+. The summed E-state index contributed by atoms with van der Waals surface area (Å²) >= 11 is 0. The number of nitrogens with zero attached hydrogens (tertiary/aromatic N) is 6. The monoisotopic (exact) mass is 799 g/mol. The Morgan fingerprint density at radius 1 is 0.571 bits per heavy atom. The van der Waals surface area contributed by atoms with Crippen LogP contribution in [0.15, 0.2) is 150 Å². The molecule has 278 valence electrons. The Morgan fingerprint density at radius 2 is 1.05 bits per heavy atom. The van der Waals surface area contributed by atoms with Crippen LogP contribution in [0.4, 0.5) is 45.5 Å². The molecule has 0 aliphatic heterocycles. The Balaban J connectivity index is 0.00000600. The molecule has 0 aromatic heterocycles. The van der Waals surface area contributed by atoms with Gasteiger partial charge in [-0.05, 0) is 146 Å². The minimum atomic E-state index is -4.85. The van der Waals surface area contributed by atoms with Crippen molar-refractivity contribution in [3.8, 4) is 0 Å². The van der Waals surface area contributed by atoms with Gasteiger partial charge in [0.25, 0.3) is 26.1 Å². The van der Waals surface area contributed by atoms with E-state index in [1.807, 2.05) is 26.0 Å². The van der Waals surface area contributed by atoms with Gasteiger partial charge in [-0.2, -0.15) is 47.5 Å². The second kappa shape index (κ2) is 17.1. The van der Waals surface area contributed by atoms with Gasteiger partial charge in [0.2, 0.25) is 0 Å². The normalized spacial score (nSPS) is 12.1. The summed E-state index contributed by atoms with van der Waals surface area (Å²) in [5, 5.41) is 28.9. The van der Waals surface area contributed by atoms with Crippen molar-refractivity contribution in [1.82, 2.24) is 0 Å². The summed E-state index contributed by atoms with van der Waals surface area (Å²) in [7, 11) is -9.59. The molecular weight excluding hydrogens is 768 g/mol. The number of anilines is 2. The van der Waals surface area contributed by atoms with Gasteiger partial charge in [0.1, 0.15) is 4.90 Å². The van der Waals surface area contributed by atoms with Crippen molar-refractivity contribution in [2.45, 2.75) is 30.6 Å². The first-order valence-corrected chi connectivity index (χ1v) is 19.2. The molecule has 56 heavy (non-hydrogen) atoms. The van der Waals surface area contributed by atoms with Crippen LogP contribution in [0.1, 0.15) is 27.0 Å². The zero-order valence-corrected chi connectivity index (χ0v) is 34.0. The van der Waals surface area contributed by atoms with Crippen molar-refractivity contribution in [3.63, 3.8) is 0 Å². The summed E-state index contributed by atoms with van der Waals surface area (Å²) in [5.41, 5.74) is 12.9. The number of fused-ring (bicyclic) bond motifs is 1. The molecule has 0 fully saturated rings. The number of azo groups is 3. The molecule has 0 atom stereocenters. The maximum Gasteiger partial charge on any atom is 1.00 e. The van der Waals surface area contributed by atoms with E-state index in [4.69, 9.17) is 5.73 Å². The second-order valence-corrected chi connectivity index (χ2v) is 15.2. The Labute approximate surface area is 344 Å². The van der Waals surface area contributed by atoms with E-state index in [0.29, 0.717) is 51.4 Å². The number of nitrogens with one attached hydrogen (secondary N) is 1. The summed E-state index contributed by atoms with van der Waals surface area (Å²) in [5.74, 6) is -0.248. The molecule has 18 heteroatoms. The maximum absolute atomic E-state index is 12.6. The zero-order valence-electron chi connectivity index (χ0n) is 30.4. The first-order chi connectivity index (χ1) is 26.0. The number of nitrogen functional groups attached to an aromatic ring is 1.